The molecule has 3 amide bonds. The molecular weight excluding hydrogens is 484 g/mol. The predicted octanol–water partition coefficient (Wildman–Crippen LogP) is 6.05. The smallest absolute Gasteiger partial charge is 0.319 e. The van der Waals surface area contributed by atoms with E-state index in [0.717, 1.165) is 52.9 Å². The van der Waals surface area contributed by atoms with Gasteiger partial charge in [-0.25, -0.2) is 9.78 Å². The van der Waals surface area contributed by atoms with Gasteiger partial charge in [-0.1, -0.05) is 66.9 Å². The Kier molecular flexibility index (Phi) is 7.65. The van der Waals surface area contributed by atoms with E-state index in [2.05, 4.69) is 20.9 Å². The van der Waals surface area contributed by atoms with Crippen LogP contribution in [0.15, 0.2) is 72.1 Å². The summed E-state index contributed by atoms with van der Waals surface area (Å²) in [7, 11) is 0. The lowest BCUT2D eigenvalue weighted by Gasteiger charge is -2.32. The molecule has 0 spiro atoms. The molecule has 1 heterocycles. The second-order valence-electron chi connectivity index (χ2n) is 9.32. The van der Waals surface area contributed by atoms with E-state index < -0.39 is 0 Å². The number of benzene rings is 3. The number of carbonyl (C=O) groups excluding carboxylic acids is 2. The van der Waals surface area contributed by atoms with Crippen molar-refractivity contribution in [2.45, 2.75) is 51.3 Å². The molecule has 1 saturated carbocycles. The Balaban J connectivity index is 1.17. The van der Waals surface area contributed by atoms with Crippen LogP contribution in [0, 0.1) is 6.92 Å². The number of hydrogen-bond donors (Lipinski definition) is 3. The van der Waals surface area contributed by atoms with Gasteiger partial charge in [-0.2, -0.15) is 0 Å². The zero-order valence-corrected chi connectivity index (χ0v) is 21.5. The Morgan fingerprint density at radius 2 is 1.68 bits per heavy atom. The van der Waals surface area contributed by atoms with Gasteiger partial charge in [-0.15, -0.1) is 11.3 Å². The first-order valence-electron chi connectivity index (χ1n) is 12.6. The molecule has 4 aromatic rings. The first kappa shape index (κ1) is 24.8. The van der Waals surface area contributed by atoms with Crippen LogP contribution in [0.1, 0.15) is 46.7 Å². The second-order valence-corrected chi connectivity index (χ2v) is 10.3. The third kappa shape index (κ3) is 6.27. The summed E-state index contributed by atoms with van der Waals surface area (Å²) in [6.45, 7) is 2.34. The van der Waals surface area contributed by atoms with Gasteiger partial charge in [0.2, 0.25) is 0 Å². The number of anilines is 1. The van der Waals surface area contributed by atoms with E-state index in [1.54, 1.807) is 5.38 Å². The van der Waals surface area contributed by atoms with Gasteiger partial charge in [0.05, 0.1) is 11.7 Å². The number of rotatable bonds is 7. The minimum atomic E-state index is -0.272. The summed E-state index contributed by atoms with van der Waals surface area (Å²) in [5.74, 6) is 0.538. The molecule has 7 nitrogen and oxygen atoms in total. The number of ether oxygens (including phenoxy) is 1. The van der Waals surface area contributed by atoms with Gasteiger partial charge in [-0.3, -0.25) is 4.79 Å². The molecule has 5 rings (SSSR count). The standard InChI is InChI=1S/C29H30N4O3S/c1-19-13-15-21(16-14-19)36-17-27-30-26(18-37-27)28(34)31-24-10-4-5-11-25(24)33-29(35)32-23-12-6-8-20-7-2-3-9-22(20)23/h2-3,6-9,12-16,18,24-25H,4-5,10-11,17H2,1H3,(H,31,34)(H2,32,33,35)/t24-,25+/m1/s1. The summed E-state index contributed by atoms with van der Waals surface area (Å²) >= 11 is 1.40. The van der Waals surface area contributed by atoms with Crippen molar-refractivity contribution in [3.05, 3.63) is 88.4 Å². The lowest BCUT2D eigenvalue weighted by atomic mass is 9.90. The average molecular weight is 515 g/mol. The van der Waals surface area contributed by atoms with Crippen LogP contribution in [0.4, 0.5) is 10.5 Å². The van der Waals surface area contributed by atoms with Gasteiger partial charge in [-0.05, 0) is 43.4 Å². The largest absolute Gasteiger partial charge is 0.486 e. The number of thiazole rings is 1. The molecule has 0 saturated heterocycles. The van der Waals surface area contributed by atoms with E-state index in [-0.39, 0.29) is 24.0 Å². The Morgan fingerprint density at radius 1 is 0.946 bits per heavy atom. The maximum Gasteiger partial charge on any atom is 0.319 e. The molecule has 2 atom stereocenters. The van der Waals surface area contributed by atoms with Crippen LogP contribution in [-0.2, 0) is 6.61 Å². The van der Waals surface area contributed by atoms with Crippen molar-refractivity contribution < 1.29 is 14.3 Å². The van der Waals surface area contributed by atoms with E-state index in [1.807, 2.05) is 73.7 Å². The van der Waals surface area contributed by atoms with Crippen molar-refractivity contribution in [3.63, 3.8) is 0 Å². The van der Waals surface area contributed by atoms with Crippen molar-refractivity contribution in [1.82, 2.24) is 15.6 Å². The van der Waals surface area contributed by atoms with Gasteiger partial charge in [0.1, 0.15) is 23.1 Å². The number of carbonyl (C=O) groups is 2. The van der Waals surface area contributed by atoms with Gasteiger partial charge in [0.15, 0.2) is 0 Å². The minimum Gasteiger partial charge on any atom is -0.486 e. The van der Waals surface area contributed by atoms with Gasteiger partial charge < -0.3 is 20.7 Å². The number of amides is 3. The molecular formula is C29H30N4O3S. The van der Waals surface area contributed by atoms with Crippen molar-refractivity contribution >= 4 is 39.7 Å². The highest BCUT2D eigenvalue weighted by molar-refractivity contribution is 7.09. The molecule has 8 heteroatoms. The zero-order chi connectivity index (χ0) is 25.6. The molecule has 190 valence electrons. The predicted molar refractivity (Wildman–Crippen MR) is 147 cm³/mol. The first-order chi connectivity index (χ1) is 18.0. The third-order valence-electron chi connectivity index (χ3n) is 6.60. The fourth-order valence-electron chi connectivity index (χ4n) is 4.64. The number of nitrogens with one attached hydrogen (secondary N) is 3. The number of fused-ring (bicyclic) bond motifs is 1. The summed E-state index contributed by atoms with van der Waals surface area (Å²) in [4.78, 5) is 30.3. The molecule has 1 fully saturated rings. The van der Waals surface area contributed by atoms with Crippen LogP contribution >= 0.6 is 11.3 Å². The summed E-state index contributed by atoms with van der Waals surface area (Å²) in [5, 5.41) is 13.7. The van der Waals surface area contributed by atoms with Crippen LogP contribution < -0.4 is 20.7 Å². The van der Waals surface area contributed by atoms with Crippen LogP contribution in [0.25, 0.3) is 10.8 Å². The number of nitrogens with zero attached hydrogens (tertiary/aromatic N) is 1. The highest BCUT2D eigenvalue weighted by Gasteiger charge is 2.29. The van der Waals surface area contributed by atoms with Crippen molar-refractivity contribution in [1.29, 1.82) is 0 Å². The molecule has 1 aromatic heterocycles. The number of aryl methyl sites for hydroxylation is 1. The normalized spacial score (nSPS) is 17.2. The molecule has 37 heavy (non-hydrogen) atoms. The van der Waals surface area contributed by atoms with E-state index >= 15 is 0 Å². The number of hydrogen-bond acceptors (Lipinski definition) is 5. The molecule has 0 unspecified atom stereocenters. The minimum absolute atomic E-state index is 0.157. The lowest BCUT2D eigenvalue weighted by Crippen LogP contribution is -2.54. The van der Waals surface area contributed by atoms with Crippen LogP contribution in [-0.4, -0.2) is 29.0 Å². The number of urea groups is 1. The Morgan fingerprint density at radius 3 is 2.49 bits per heavy atom. The molecule has 0 radical (unpaired) electrons. The molecule has 3 N–H and O–H groups in total. The SMILES string of the molecule is Cc1ccc(OCc2nc(C(=O)N[C@@H]3CCCC[C@@H]3NC(=O)Nc3cccc4ccccc34)cs2)cc1. The third-order valence-corrected chi connectivity index (χ3v) is 7.43. The molecule has 1 aliphatic carbocycles. The van der Waals surface area contributed by atoms with Crippen LogP contribution in [0.3, 0.4) is 0 Å². The maximum absolute atomic E-state index is 13.0. The summed E-state index contributed by atoms with van der Waals surface area (Å²) in [6, 6.07) is 21.0. The van der Waals surface area contributed by atoms with Crippen molar-refractivity contribution in [3.8, 4) is 5.75 Å². The van der Waals surface area contributed by atoms with Crippen molar-refractivity contribution in [2.75, 3.05) is 5.32 Å². The molecule has 1 aliphatic rings. The lowest BCUT2D eigenvalue weighted by molar-refractivity contribution is 0.0911. The highest BCUT2D eigenvalue weighted by Crippen LogP contribution is 2.24. The summed E-state index contributed by atoms with van der Waals surface area (Å²) in [5.41, 5.74) is 2.30. The Hall–Kier alpha value is -3.91. The highest BCUT2D eigenvalue weighted by atomic mass is 32.1. The van der Waals surface area contributed by atoms with Crippen LogP contribution in [0.5, 0.6) is 5.75 Å². The van der Waals surface area contributed by atoms with Crippen molar-refractivity contribution in [2.24, 2.45) is 0 Å². The van der Waals surface area contributed by atoms with E-state index in [1.165, 1.54) is 16.9 Å². The fourth-order valence-corrected chi connectivity index (χ4v) is 5.33. The summed E-state index contributed by atoms with van der Waals surface area (Å²) < 4.78 is 5.79. The van der Waals surface area contributed by atoms with Gasteiger partial charge in [0, 0.05) is 16.8 Å². The number of aromatic nitrogens is 1. The molecule has 3 aromatic carbocycles. The zero-order valence-electron chi connectivity index (χ0n) is 20.7. The van der Waals surface area contributed by atoms with E-state index in [0.29, 0.717) is 12.3 Å². The average Bonchev–Trinajstić information content (AvgIpc) is 3.39. The first-order valence-corrected chi connectivity index (χ1v) is 13.4. The van der Waals surface area contributed by atoms with Gasteiger partial charge >= 0.3 is 6.03 Å². The Labute approximate surface area is 220 Å². The second kappa shape index (κ2) is 11.4. The molecule has 0 aliphatic heterocycles. The van der Waals surface area contributed by atoms with Crippen LogP contribution in [0.2, 0.25) is 0 Å². The van der Waals surface area contributed by atoms with Gasteiger partial charge in [0.25, 0.3) is 5.91 Å². The Bertz CT molecular complexity index is 1380. The summed E-state index contributed by atoms with van der Waals surface area (Å²) in [6.07, 6.45) is 3.61. The van der Waals surface area contributed by atoms with E-state index in [9.17, 15) is 9.59 Å². The fraction of sp³-hybridized carbons (Fsp3) is 0.276. The molecule has 0 bridgehead atoms. The maximum atomic E-state index is 13.0. The topological polar surface area (TPSA) is 92.3 Å². The monoisotopic (exact) mass is 514 g/mol. The van der Waals surface area contributed by atoms with E-state index in [4.69, 9.17) is 4.74 Å². The quantitative estimate of drug-likeness (QED) is 0.280.